The Labute approximate surface area is 117 Å². The number of nitrogens with two attached hydrogens (primary N) is 1. The van der Waals surface area contributed by atoms with Gasteiger partial charge in [-0.2, -0.15) is 4.98 Å². The zero-order valence-corrected chi connectivity index (χ0v) is 11.6. The monoisotopic (exact) mass is 271 g/mol. The number of carbonyl (C=O) groups is 1. The van der Waals surface area contributed by atoms with Crippen LogP contribution in [-0.4, -0.2) is 16.0 Å². The molecule has 0 unspecified atom stereocenters. The minimum Gasteiger partial charge on any atom is -0.369 e. The van der Waals surface area contributed by atoms with Crippen LogP contribution in [-0.2, 0) is 23.1 Å². The lowest BCUT2D eigenvalue weighted by atomic mass is 9.93. The van der Waals surface area contributed by atoms with E-state index in [2.05, 4.69) is 22.3 Å². The molecule has 1 aromatic heterocycles. The molecule has 0 fully saturated rings. The number of amides is 1. The van der Waals surface area contributed by atoms with Gasteiger partial charge in [-0.25, -0.2) is 0 Å². The number of rotatable bonds is 3. The molecule has 5 heteroatoms. The van der Waals surface area contributed by atoms with Gasteiger partial charge in [-0.05, 0) is 50.3 Å². The third-order valence-corrected chi connectivity index (χ3v) is 3.93. The summed E-state index contributed by atoms with van der Waals surface area (Å²) >= 11 is 0. The second-order valence-electron chi connectivity index (χ2n) is 5.75. The third-order valence-electron chi connectivity index (χ3n) is 3.93. The Morgan fingerprint density at radius 3 is 2.80 bits per heavy atom. The average molecular weight is 271 g/mol. The molecule has 1 aliphatic rings. The number of aromatic nitrogens is 2. The summed E-state index contributed by atoms with van der Waals surface area (Å²) in [5.41, 5.74) is 8.07. The maximum absolute atomic E-state index is 11.4. The van der Waals surface area contributed by atoms with Crippen molar-refractivity contribution < 1.29 is 9.32 Å². The second-order valence-corrected chi connectivity index (χ2v) is 5.75. The van der Waals surface area contributed by atoms with Crippen LogP contribution < -0.4 is 5.73 Å². The minimum absolute atomic E-state index is 0.250. The van der Waals surface area contributed by atoms with Gasteiger partial charge in [-0.1, -0.05) is 17.3 Å². The van der Waals surface area contributed by atoms with Gasteiger partial charge >= 0.3 is 0 Å². The van der Waals surface area contributed by atoms with Crippen molar-refractivity contribution >= 4 is 5.91 Å². The van der Waals surface area contributed by atoms with E-state index in [4.69, 9.17) is 10.3 Å². The molecule has 3 rings (SSSR count). The van der Waals surface area contributed by atoms with Gasteiger partial charge in [0.2, 0.25) is 17.6 Å². The first-order valence-corrected chi connectivity index (χ1v) is 6.75. The Morgan fingerprint density at radius 2 is 2.05 bits per heavy atom. The van der Waals surface area contributed by atoms with E-state index in [9.17, 15) is 4.79 Å². The van der Waals surface area contributed by atoms with Gasteiger partial charge in [0, 0.05) is 5.56 Å². The smallest absolute Gasteiger partial charge is 0.242 e. The van der Waals surface area contributed by atoms with Crippen LogP contribution in [0.15, 0.2) is 22.7 Å². The molecule has 2 aromatic rings. The van der Waals surface area contributed by atoms with Crippen molar-refractivity contribution in [3.05, 3.63) is 35.2 Å². The summed E-state index contributed by atoms with van der Waals surface area (Å²) in [5, 5.41) is 3.97. The lowest BCUT2D eigenvalue weighted by molar-refractivity contribution is -0.123. The number of nitrogens with zero attached hydrogens (tertiary/aromatic N) is 2. The SMILES string of the molecule is CC(C)(C(N)=O)c1nc(-c2ccc3c(c2)CCC3)no1. The van der Waals surface area contributed by atoms with Crippen LogP contribution in [0.1, 0.15) is 37.3 Å². The highest BCUT2D eigenvalue weighted by Crippen LogP contribution is 2.28. The van der Waals surface area contributed by atoms with Crippen LogP contribution in [0.3, 0.4) is 0 Å². The van der Waals surface area contributed by atoms with Crippen LogP contribution in [0.5, 0.6) is 0 Å². The molecule has 0 saturated heterocycles. The van der Waals surface area contributed by atoms with Crippen LogP contribution in [0.25, 0.3) is 11.4 Å². The molecule has 1 aromatic carbocycles. The number of fused-ring (bicyclic) bond motifs is 1. The summed E-state index contributed by atoms with van der Waals surface area (Å²) in [4.78, 5) is 15.7. The molecule has 5 nitrogen and oxygen atoms in total. The van der Waals surface area contributed by atoms with Crippen molar-refractivity contribution in [2.24, 2.45) is 5.73 Å². The quantitative estimate of drug-likeness (QED) is 0.925. The Kier molecular flexibility index (Phi) is 2.85. The number of benzene rings is 1. The highest BCUT2D eigenvalue weighted by Gasteiger charge is 2.34. The number of primary amides is 1. The summed E-state index contributed by atoms with van der Waals surface area (Å²) < 4.78 is 5.20. The molecule has 1 amide bonds. The lowest BCUT2D eigenvalue weighted by Gasteiger charge is -2.13. The van der Waals surface area contributed by atoms with Gasteiger partial charge in [0.05, 0.1) is 0 Å². The summed E-state index contributed by atoms with van der Waals surface area (Å²) in [6.45, 7) is 3.35. The molecule has 2 N–H and O–H groups in total. The Morgan fingerprint density at radius 1 is 1.30 bits per heavy atom. The van der Waals surface area contributed by atoms with Crippen LogP contribution in [0, 0.1) is 0 Å². The highest BCUT2D eigenvalue weighted by molar-refractivity contribution is 5.84. The first-order valence-electron chi connectivity index (χ1n) is 6.75. The number of hydrogen-bond acceptors (Lipinski definition) is 4. The zero-order chi connectivity index (χ0) is 14.3. The molecule has 0 saturated carbocycles. The fourth-order valence-electron chi connectivity index (χ4n) is 2.41. The van der Waals surface area contributed by atoms with Crippen LogP contribution >= 0.6 is 0 Å². The van der Waals surface area contributed by atoms with Gasteiger partial charge in [0.1, 0.15) is 5.41 Å². The highest BCUT2D eigenvalue weighted by atomic mass is 16.5. The predicted molar refractivity (Wildman–Crippen MR) is 74.0 cm³/mol. The standard InChI is InChI=1S/C15H17N3O2/c1-15(2,13(16)19)14-17-12(18-20-14)11-7-6-9-4-3-5-10(9)8-11/h6-8H,3-5H2,1-2H3,(H2,16,19). The fraction of sp³-hybridized carbons (Fsp3) is 0.400. The summed E-state index contributed by atoms with van der Waals surface area (Å²) in [5.74, 6) is 0.270. The van der Waals surface area contributed by atoms with Gasteiger partial charge in [0.15, 0.2) is 0 Å². The van der Waals surface area contributed by atoms with E-state index in [0.717, 1.165) is 18.4 Å². The predicted octanol–water partition coefficient (Wildman–Crippen LogP) is 1.99. The van der Waals surface area contributed by atoms with Crippen molar-refractivity contribution in [3.63, 3.8) is 0 Å². The van der Waals surface area contributed by atoms with E-state index in [1.807, 2.05) is 6.07 Å². The largest absolute Gasteiger partial charge is 0.369 e. The molecule has 0 spiro atoms. The number of aryl methyl sites for hydroxylation is 2. The Hall–Kier alpha value is -2.17. The van der Waals surface area contributed by atoms with Crippen molar-refractivity contribution in [1.82, 2.24) is 10.1 Å². The van der Waals surface area contributed by atoms with Gasteiger partial charge in [0.25, 0.3) is 0 Å². The molecular formula is C15H17N3O2. The van der Waals surface area contributed by atoms with E-state index < -0.39 is 11.3 Å². The van der Waals surface area contributed by atoms with Gasteiger partial charge in [-0.15, -0.1) is 0 Å². The minimum atomic E-state index is -0.956. The number of hydrogen-bond donors (Lipinski definition) is 1. The van der Waals surface area contributed by atoms with Gasteiger partial charge < -0.3 is 10.3 Å². The molecule has 0 bridgehead atoms. The maximum Gasteiger partial charge on any atom is 0.242 e. The first-order chi connectivity index (χ1) is 9.48. The van der Waals surface area contributed by atoms with E-state index in [1.165, 1.54) is 17.5 Å². The lowest BCUT2D eigenvalue weighted by Crippen LogP contribution is -2.35. The number of carbonyl (C=O) groups excluding carboxylic acids is 1. The van der Waals surface area contributed by atoms with Crippen LogP contribution in [0.4, 0.5) is 0 Å². The maximum atomic E-state index is 11.4. The third kappa shape index (κ3) is 1.99. The van der Waals surface area contributed by atoms with Crippen molar-refractivity contribution in [2.45, 2.75) is 38.5 Å². The molecular weight excluding hydrogens is 254 g/mol. The Balaban J connectivity index is 1.96. The average Bonchev–Trinajstić information content (AvgIpc) is 3.06. The summed E-state index contributed by atoms with van der Waals surface area (Å²) in [6, 6.07) is 6.22. The second kappa shape index (κ2) is 4.44. The summed E-state index contributed by atoms with van der Waals surface area (Å²) in [6.07, 6.45) is 3.44. The van der Waals surface area contributed by atoms with Crippen molar-refractivity contribution in [3.8, 4) is 11.4 Å². The summed E-state index contributed by atoms with van der Waals surface area (Å²) in [7, 11) is 0. The fourth-order valence-corrected chi connectivity index (χ4v) is 2.41. The molecule has 1 heterocycles. The van der Waals surface area contributed by atoms with Gasteiger partial charge in [-0.3, -0.25) is 4.79 Å². The van der Waals surface area contributed by atoms with E-state index in [-0.39, 0.29) is 5.89 Å². The Bertz CT molecular complexity index is 674. The van der Waals surface area contributed by atoms with Crippen molar-refractivity contribution in [1.29, 1.82) is 0 Å². The molecule has 1 aliphatic carbocycles. The zero-order valence-electron chi connectivity index (χ0n) is 11.6. The normalized spacial score (nSPS) is 14.3. The molecule has 20 heavy (non-hydrogen) atoms. The molecule has 104 valence electrons. The topological polar surface area (TPSA) is 82.0 Å². The molecule has 0 aliphatic heterocycles. The van der Waals surface area contributed by atoms with Crippen LogP contribution in [0.2, 0.25) is 0 Å². The van der Waals surface area contributed by atoms with E-state index >= 15 is 0 Å². The molecule has 0 atom stereocenters. The van der Waals surface area contributed by atoms with Crippen molar-refractivity contribution in [2.75, 3.05) is 0 Å². The van der Waals surface area contributed by atoms with E-state index in [1.54, 1.807) is 13.8 Å². The first kappa shape index (κ1) is 12.8. The van der Waals surface area contributed by atoms with E-state index in [0.29, 0.717) is 5.82 Å². The molecule has 0 radical (unpaired) electrons.